The van der Waals surface area contributed by atoms with E-state index < -0.39 is 17.1 Å². The van der Waals surface area contributed by atoms with Crippen LogP contribution in [0.1, 0.15) is 36.7 Å². The summed E-state index contributed by atoms with van der Waals surface area (Å²) >= 11 is 0. The summed E-state index contributed by atoms with van der Waals surface area (Å²) in [7, 11) is 0. The number of nitrogens with one attached hydrogen (secondary N) is 1. The number of carboxylic acids is 1. The molecule has 1 aromatic carbocycles. The molecule has 6 nitrogen and oxygen atoms in total. The Hall–Kier alpha value is -2.37. The Labute approximate surface area is 113 Å². The van der Waals surface area contributed by atoms with Gasteiger partial charge >= 0.3 is 17.1 Å². The van der Waals surface area contributed by atoms with Crippen LogP contribution in [-0.2, 0) is 0 Å². The van der Waals surface area contributed by atoms with E-state index in [2.05, 4.69) is 4.98 Å². The van der Waals surface area contributed by atoms with Gasteiger partial charge in [-0.15, -0.1) is 0 Å². The second-order valence-corrected chi connectivity index (χ2v) is 5.84. The van der Waals surface area contributed by atoms with Gasteiger partial charge in [0, 0.05) is 6.04 Å². The van der Waals surface area contributed by atoms with E-state index in [0.717, 1.165) is 6.42 Å². The normalized spacial score (nSPS) is 20.0. The first-order chi connectivity index (χ1) is 9.33. The average molecular weight is 274 g/mol. The molecular formula is C14H14N2O4. The Balaban J connectivity index is 2.43. The number of carboxylic acid groups (broad SMARTS) is 1. The van der Waals surface area contributed by atoms with Crippen molar-refractivity contribution < 1.29 is 9.90 Å². The molecule has 0 radical (unpaired) electrons. The zero-order valence-electron chi connectivity index (χ0n) is 11.1. The third kappa shape index (κ3) is 1.68. The first-order valence-corrected chi connectivity index (χ1v) is 6.34. The van der Waals surface area contributed by atoms with Crippen LogP contribution in [-0.4, -0.2) is 20.6 Å². The van der Waals surface area contributed by atoms with Gasteiger partial charge in [0.15, 0.2) is 0 Å². The van der Waals surface area contributed by atoms with Crippen LogP contribution in [0.2, 0.25) is 0 Å². The van der Waals surface area contributed by atoms with Crippen LogP contribution in [0.4, 0.5) is 0 Å². The standard InChI is InChI=1S/C14H14N2O4/c1-14(2)6-9(14)16-8-5-3-4-7(13(19)20)10(8)15-11(17)12(16)18/h3-5,9H,6H2,1-2H3,(H,15,17)(H,19,20). The van der Waals surface area contributed by atoms with Crippen LogP contribution in [0.25, 0.3) is 11.0 Å². The molecule has 0 amide bonds. The van der Waals surface area contributed by atoms with Gasteiger partial charge in [0.25, 0.3) is 0 Å². The smallest absolute Gasteiger partial charge is 0.337 e. The first kappa shape index (κ1) is 12.7. The van der Waals surface area contributed by atoms with Crippen molar-refractivity contribution in [3.63, 3.8) is 0 Å². The van der Waals surface area contributed by atoms with E-state index in [-0.39, 0.29) is 22.5 Å². The van der Waals surface area contributed by atoms with E-state index in [1.807, 2.05) is 13.8 Å². The fourth-order valence-corrected chi connectivity index (χ4v) is 2.63. The third-order valence-electron chi connectivity index (χ3n) is 3.96. The number of H-pyrrole nitrogens is 1. The molecule has 20 heavy (non-hydrogen) atoms. The molecule has 1 aliphatic rings. The van der Waals surface area contributed by atoms with Gasteiger partial charge in [-0.2, -0.15) is 0 Å². The maximum absolute atomic E-state index is 12.1. The van der Waals surface area contributed by atoms with Crippen molar-refractivity contribution in [3.05, 3.63) is 44.5 Å². The Morgan fingerprint density at radius 1 is 1.40 bits per heavy atom. The number of benzene rings is 1. The fraction of sp³-hybridized carbons (Fsp3) is 0.357. The topological polar surface area (TPSA) is 92.2 Å². The van der Waals surface area contributed by atoms with Gasteiger partial charge < -0.3 is 10.1 Å². The Kier molecular flexibility index (Phi) is 2.41. The second kappa shape index (κ2) is 3.82. The number of fused-ring (bicyclic) bond motifs is 1. The molecule has 1 heterocycles. The highest BCUT2D eigenvalue weighted by Gasteiger charge is 2.48. The van der Waals surface area contributed by atoms with Gasteiger partial charge in [0.1, 0.15) is 0 Å². The highest BCUT2D eigenvalue weighted by molar-refractivity contribution is 6.00. The van der Waals surface area contributed by atoms with Crippen molar-refractivity contribution in [3.8, 4) is 0 Å². The summed E-state index contributed by atoms with van der Waals surface area (Å²) in [6.07, 6.45) is 0.794. The average Bonchev–Trinajstić information content (AvgIpc) is 2.98. The van der Waals surface area contributed by atoms with Gasteiger partial charge in [-0.05, 0) is 24.0 Å². The molecule has 0 saturated heterocycles. The molecular weight excluding hydrogens is 260 g/mol. The monoisotopic (exact) mass is 274 g/mol. The first-order valence-electron chi connectivity index (χ1n) is 6.34. The molecule has 3 rings (SSSR count). The SMILES string of the molecule is CC1(C)CC1n1c(=O)c(=O)[nH]c2c(C(=O)O)cccc21. The lowest BCUT2D eigenvalue weighted by Gasteiger charge is -2.12. The lowest BCUT2D eigenvalue weighted by Crippen LogP contribution is -2.37. The second-order valence-electron chi connectivity index (χ2n) is 5.84. The predicted molar refractivity (Wildman–Crippen MR) is 73.2 cm³/mol. The Morgan fingerprint density at radius 2 is 2.05 bits per heavy atom. The number of carbonyl (C=O) groups is 1. The Bertz CT molecular complexity index is 844. The van der Waals surface area contributed by atoms with Crippen LogP contribution >= 0.6 is 0 Å². The molecule has 0 aliphatic heterocycles. The maximum atomic E-state index is 12.1. The molecule has 1 unspecified atom stereocenters. The summed E-state index contributed by atoms with van der Waals surface area (Å²) in [6, 6.07) is 4.58. The van der Waals surface area contributed by atoms with Crippen LogP contribution in [0.5, 0.6) is 0 Å². The zero-order valence-corrected chi connectivity index (χ0v) is 11.1. The quantitative estimate of drug-likeness (QED) is 0.809. The van der Waals surface area contributed by atoms with E-state index in [0.29, 0.717) is 5.52 Å². The van der Waals surface area contributed by atoms with E-state index >= 15 is 0 Å². The van der Waals surface area contributed by atoms with Crippen molar-refractivity contribution in [2.75, 3.05) is 0 Å². The molecule has 1 atom stereocenters. The summed E-state index contributed by atoms with van der Waals surface area (Å²) in [6.45, 7) is 4.02. The number of aromatic amines is 1. The molecule has 2 N–H and O–H groups in total. The number of hydrogen-bond acceptors (Lipinski definition) is 3. The van der Waals surface area contributed by atoms with E-state index in [1.54, 1.807) is 12.1 Å². The minimum absolute atomic E-state index is 0.00759. The molecule has 104 valence electrons. The lowest BCUT2D eigenvalue weighted by atomic mass is 10.1. The van der Waals surface area contributed by atoms with Crippen LogP contribution < -0.4 is 11.1 Å². The van der Waals surface area contributed by atoms with Gasteiger partial charge in [-0.3, -0.25) is 14.2 Å². The number of nitrogens with zero attached hydrogens (tertiary/aromatic N) is 1. The molecule has 1 aliphatic carbocycles. The predicted octanol–water partition coefficient (Wildman–Crippen LogP) is 1.36. The lowest BCUT2D eigenvalue weighted by molar-refractivity contribution is 0.0699. The van der Waals surface area contributed by atoms with E-state index in [4.69, 9.17) is 0 Å². The number of aromatic nitrogens is 2. The van der Waals surface area contributed by atoms with Crippen molar-refractivity contribution >= 4 is 17.0 Å². The van der Waals surface area contributed by atoms with Crippen molar-refractivity contribution in [2.24, 2.45) is 5.41 Å². The maximum Gasteiger partial charge on any atom is 0.337 e. The molecule has 2 aromatic rings. The van der Waals surface area contributed by atoms with E-state index in [9.17, 15) is 19.5 Å². The zero-order chi connectivity index (χ0) is 14.7. The van der Waals surface area contributed by atoms with Crippen LogP contribution in [0.3, 0.4) is 0 Å². The largest absolute Gasteiger partial charge is 0.478 e. The van der Waals surface area contributed by atoms with Gasteiger partial charge in [0.2, 0.25) is 0 Å². The number of rotatable bonds is 2. The third-order valence-corrected chi connectivity index (χ3v) is 3.96. The molecule has 0 bridgehead atoms. The minimum atomic E-state index is -1.13. The summed E-state index contributed by atoms with van der Waals surface area (Å²) < 4.78 is 1.43. The Morgan fingerprint density at radius 3 is 2.60 bits per heavy atom. The van der Waals surface area contributed by atoms with Crippen molar-refractivity contribution in [2.45, 2.75) is 26.3 Å². The molecule has 1 aromatic heterocycles. The number of aromatic carboxylic acids is 1. The highest BCUT2D eigenvalue weighted by atomic mass is 16.4. The number of hydrogen-bond donors (Lipinski definition) is 2. The summed E-state index contributed by atoms with van der Waals surface area (Å²) in [5, 5.41) is 9.18. The molecule has 1 fully saturated rings. The minimum Gasteiger partial charge on any atom is -0.478 e. The highest BCUT2D eigenvalue weighted by Crippen LogP contribution is 2.55. The van der Waals surface area contributed by atoms with E-state index in [1.165, 1.54) is 10.6 Å². The summed E-state index contributed by atoms with van der Waals surface area (Å²) in [4.78, 5) is 37.5. The molecule has 1 saturated carbocycles. The van der Waals surface area contributed by atoms with Crippen molar-refractivity contribution in [1.82, 2.24) is 9.55 Å². The van der Waals surface area contributed by atoms with Gasteiger partial charge in [-0.25, -0.2) is 4.79 Å². The summed E-state index contributed by atoms with van der Waals surface area (Å²) in [5.41, 5.74) is -0.808. The fourth-order valence-electron chi connectivity index (χ4n) is 2.63. The molecule has 6 heteroatoms. The van der Waals surface area contributed by atoms with Gasteiger partial charge in [-0.1, -0.05) is 19.9 Å². The van der Waals surface area contributed by atoms with Crippen LogP contribution in [0.15, 0.2) is 27.8 Å². The van der Waals surface area contributed by atoms with Crippen molar-refractivity contribution in [1.29, 1.82) is 0 Å². The molecule has 0 spiro atoms. The number of para-hydroxylation sites is 1. The van der Waals surface area contributed by atoms with Crippen LogP contribution in [0, 0.1) is 5.41 Å². The van der Waals surface area contributed by atoms with Gasteiger partial charge in [0.05, 0.1) is 16.6 Å². The summed E-state index contributed by atoms with van der Waals surface area (Å²) in [5.74, 6) is -1.13.